The Morgan fingerprint density at radius 1 is 1.20 bits per heavy atom. The minimum atomic E-state index is -3.02. The predicted octanol–water partition coefficient (Wildman–Crippen LogP) is 0.0787. The second kappa shape index (κ2) is 8.26. The van der Waals surface area contributed by atoms with E-state index in [0.29, 0.717) is 19.1 Å². The summed E-state index contributed by atoms with van der Waals surface area (Å²) in [5, 5.41) is 3.35. The molecule has 4 aliphatic rings. The average Bonchev–Trinajstić information content (AvgIpc) is 2.55. The third-order valence-electron chi connectivity index (χ3n) is 5.52. The number of piperazine rings is 3. The lowest BCUT2D eigenvalue weighted by Gasteiger charge is -2.47. The van der Waals surface area contributed by atoms with Crippen molar-refractivity contribution in [2.75, 3.05) is 64.7 Å². The van der Waals surface area contributed by atoms with Gasteiger partial charge in [0.25, 0.3) is 0 Å². The Hall–Kier alpha value is -0.130. The number of aliphatic imine (C=N–C) groups is 1. The van der Waals surface area contributed by atoms with E-state index >= 15 is 0 Å². The number of hydrogen-bond donors (Lipinski definition) is 1. The molecular formula is C16H32IN5O2S. The first-order valence-corrected chi connectivity index (χ1v) is 10.7. The molecule has 25 heavy (non-hydrogen) atoms. The number of fused-ring (bicyclic) bond motifs is 3. The summed E-state index contributed by atoms with van der Waals surface area (Å²) in [5.74, 6) is 1.06. The van der Waals surface area contributed by atoms with E-state index in [0.717, 1.165) is 38.7 Å². The molecule has 0 saturated carbocycles. The van der Waals surface area contributed by atoms with Gasteiger partial charge in [-0.3, -0.25) is 14.8 Å². The van der Waals surface area contributed by atoms with Crippen LogP contribution in [0, 0.1) is 0 Å². The van der Waals surface area contributed by atoms with E-state index in [1.54, 1.807) is 0 Å². The average molecular weight is 485 g/mol. The van der Waals surface area contributed by atoms with Crippen LogP contribution in [-0.2, 0) is 9.84 Å². The predicted molar refractivity (Wildman–Crippen MR) is 113 cm³/mol. The quantitative estimate of drug-likeness (QED) is 0.347. The summed E-state index contributed by atoms with van der Waals surface area (Å²) in [6.07, 6.45) is 0. The van der Waals surface area contributed by atoms with Gasteiger partial charge in [-0.25, -0.2) is 8.42 Å². The number of hydrogen-bond acceptors (Lipinski definition) is 5. The highest BCUT2D eigenvalue weighted by molar-refractivity contribution is 14.0. The van der Waals surface area contributed by atoms with E-state index < -0.39 is 14.6 Å². The molecule has 9 heteroatoms. The van der Waals surface area contributed by atoms with E-state index in [-0.39, 0.29) is 29.7 Å². The first kappa shape index (κ1) is 21.2. The van der Waals surface area contributed by atoms with Crippen LogP contribution in [0.5, 0.6) is 0 Å². The second-order valence-corrected chi connectivity index (χ2v) is 10.4. The minimum Gasteiger partial charge on any atom is -0.357 e. The normalized spacial score (nSPS) is 33.6. The highest BCUT2D eigenvalue weighted by Gasteiger charge is 2.41. The van der Waals surface area contributed by atoms with Crippen LogP contribution in [0.4, 0.5) is 0 Å². The molecule has 0 aromatic carbocycles. The number of guanidine groups is 1. The summed E-state index contributed by atoms with van der Waals surface area (Å²) in [6.45, 7) is 14.0. The first-order valence-electron chi connectivity index (χ1n) is 9.04. The Labute approximate surface area is 169 Å². The molecule has 146 valence electrons. The second-order valence-electron chi connectivity index (χ2n) is 7.69. The van der Waals surface area contributed by atoms with Gasteiger partial charge in [-0.1, -0.05) is 0 Å². The maximum Gasteiger partial charge on any atom is 0.194 e. The molecule has 1 atom stereocenters. The van der Waals surface area contributed by atoms with Crippen molar-refractivity contribution in [1.82, 2.24) is 20.0 Å². The number of halogens is 1. The summed E-state index contributed by atoms with van der Waals surface area (Å²) < 4.78 is 23.7. The lowest BCUT2D eigenvalue weighted by atomic mass is 10.1. The fraction of sp³-hybridized carbons (Fsp3) is 0.938. The summed E-state index contributed by atoms with van der Waals surface area (Å²) in [4.78, 5) is 12.0. The monoisotopic (exact) mass is 485 g/mol. The van der Waals surface area contributed by atoms with Crippen molar-refractivity contribution in [2.24, 2.45) is 4.99 Å². The Morgan fingerprint density at radius 3 is 2.40 bits per heavy atom. The van der Waals surface area contributed by atoms with Gasteiger partial charge in [0.15, 0.2) is 15.8 Å². The van der Waals surface area contributed by atoms with Gasteiger partial charge >= 0.3 is 0 Å². The van der Waals surface area contributed by atoms with Crippen LogP contribution in [0.1, 0.15) is 20.8 Å². The van der Waals surface area contributed by atoms with Crippen LogP contribution in [0.15, 0.2) is 4.99 Å². The van der Waals surface area contributed by atoms with Crippen molar-refractivity contribution >= 4 is 39.8 Å². The Bertz CT molecular complexity index is 587. The van der Waals surface area contributed by atoms with Gasteiger partial charge in [0.1, 0.15) is 0 Å². The van der Waals surface area contributed by atoms with Gasteiger partial charge < -0.3 is 10.2 Å². The molecule has 4 aliphatic heterocycles. The molecular weight excluding hydrogens is 453 g/mol. The van der Waals surface area contributed by atoms with Gasteiger partial charge in [0.05, 0.1) is 17.0 Å². The summed E-state index contributed by atoms with van der Waals surface area (Å²) >= 11 is 0. The van der Waals surface area contributed by atoms with Gasteiger partial charge in [-0.2, -0.15) is 0 Å². The maximum atomic E-state index is 12.2. The number of rotatable bonds is 3. The first-order chi connectivity index (χ1) is 11.3. The zero-order chi connectivity index (χ0) is 17.4. The fourth-order valence-corrected chi connectivity index (χ4v) is 5.21. The lowest BCUT2D eigenvalue weighted by molar-refractivity contribution is 0.0173. The van der Waals surface area contributed by atoms with Crippen LogP contribution in [0.2, 0.25) is 0 Å². The topological polar surface area (TPSA) is 68.2 Å². The Morgan fingerprint density at radius 2 is 1.88 bits per heavy atom. The summed E-state index contributed by atoms with van der Waals surface area (Å²) in [7, 11) is -3.02. The smallest absolute Gasteiger partial charge is 0.194 e. The van der Waals surface area contributed by atoms with Crippen LogP contribution >= 0.6 is 24.0 Å². The molecule has 0 aliphatic carbocycles. The van der Waals surface area contributed by atoms with Crippen LogP contribution in [-0.4, -0.2) is 105 Å². The van der Waals surface area contributed by atoms with E-state index in [1.807, 2.05) is 13.8 Å². The molecule has 4 fully saturated rings. The van der Waals surface area contributed by atoms with Crippen molar-refractivity contribution < 1.29 is 8.42 Å². The highest BCUT2D eigenvalue weighted by atomic mass is 127. The molecule has 2 bridgehead atoms. The molecule has 7 nitrogen and oxygen atoms in total. The van der Waals surface area contributed by atoms with Crippen LogP contribution in [0.25, 0.3) is 0 Å². The third kappa shape index (κ3) is 4.59. The number of sulfone groups is 1. The SMILES string of the molecule is CCNC(=NCC1CN2CCN1CC2)N1CCS(=O)(=O)C(C)(C)C1.I. The van der Waals surface area contributed by atoms with E-state index in [9.17, 15) is 8.42 Å². The molecule has 0 aromatic rings. The standard InChI is InChI=1S/C16H31N5O2S.HI/c1-4-17-15(21-9-10-24(22,23)16(2,3)13-21)18-11-14-12-19-5-7-20(14)8-6-19;/h14H,4-13H2,1-3H3,(H,17,18);1H. The Kier molecular flexibility index (Phi) is 7.00. The van der Waals surface area contributed by atoms with Crippen molar-refractivity contribution in [3.63, 3.8) is 0 Å². The summed E-state index contributed by atoms with van der Waals surface area (Å²) in [6, 6.07) is 0.489. The molecule has 0 aromatic heterocycles. The van der Waals surface area contributed by atoms with Crippen molar-refractivity contribution in [1.29, 1.82) is 0 Å². The van der Waals surface area contributed by atoms with E-state index in [2.05, 4.69) is 26.9 Å². The molecule has 0 amide bonds. The van der Waals surface area contributed by atoms with E-state index in [1.165, 1.54) is 13.1 Å². The Balaban J connectivity index is 0.00000225. The number of nitrogens with zero attached hydrogens (tertiary/aromatic N) is 4. The lowest BCUT2D eigenvalue weighted by Crippen LogP contribution is -2.62. The maximum absolute atomic E-state index is 12.2. The van der Waals surface area contributed by atoms with Crippen LogP contribution < -0.4 is 5.32 Å². The van der Waals surface area contributed by atoms with Crippen LogP contribution in [0.3, 0.4) is 0 Å². The minimum absolute atomic E-state index is 0. The highest BCUT2D eigenvalue weighted by Crippen LogP contribution is 2.24. The molecule has 4 heterocycles. The van der Waals surface area contributed by atoms with Crippen molar-refractivity contribution in [3.05, 3.63) is 0 Å². The third-order valence-corrected chi connectivity index (χ3v) is 8.05. The number of nitrogens with one attached hydrogen (secondary N) is 1. The van der Waals surface area contributed by atoms with Gasteiger partial charge in [-0.05, 0) is 20.8 Å². The van der Waals surface area contributed by atoms with E-state index in [4.69, 9.17) is 4.99 Å². The van der Waals surface area contributed by atoms with Gasteiger partial charge in [0, 0.05) is 58.4 Å². The summed E-state index contributed by atoms with van der Waals surface area (Å²) in [5.41, 5.74) is 0. The van der Waals surface area contributed by atoms with Gasteiger partial charge in [0.2, 0.25) is 0 Å². The molecule has 1 unspecified atom stereocenters. The molecule has 4 saturated heterocycles. The van der Waals surface area contributed by atoms with Gasteiger partial charge in [-0.15, -0.1) is 24.0 Å². The zero-order valence-corrected chi connectivity index (χ0v) is 18.7. The molecule has 4 rings (SSSR count). The largest absolute Gasteiger partial charge is 0.357 e. The van der Waals surface area contributed by atoms with Crippen molar-refractivity contribution in [2.45, 2.75) is 31.6 Å². The zero-order valence-electron chi connectivity index (χ0n) is 15.6. The molecule has 0 spiro atoms. The molecule has 1 N–H and O–H groups in total. The molecule has 0 radical (unpaired) electrons. The van der Waals surface area contributed by atoms with Crippen molar-refractivity contribution in [3.8, 4) is 0 Å². The fourth-order valence-electron chi connectivity index (χ4n) is 3.84.